The Hall–Kier alpha value is -3.10. The molecule has 3 aromatic rings. The van der Waals surface area contributed by atoms with Gasteiger partial charge in [-0.3, -0.25) is 14.2 Å². The number of nitrogens with one attached hydrogen (secondary N) is 3. The fourth-order valence-electron chi connectivity index (χ4n) is 7.16. The minimum absolute atomic E-state index is 0.0353. The Bertz CT molecular complexity index is 1270. The van der Waals surface area contributed by atoms with Gasteiger partial charge in [0.05, 0.1) is 29.3 Å². The third kappa shape index (κ3) is 2.76. The van der Waals surface area contributed by atoms with Crippen LogP contribution in [0, 0.1) is 23.2 Å². The molecule has 32 heavy (non-hydrogen) atoms. The number of pyridine rings is 1. The van der Waals surface area contributed by atoms with Crippen molar-refractivity contribution in [2.45, 2.75) is 45.1 Å². The Kier molecular flexibility index (Phi) is 4.25. The molecule has 0 radical (unpaired) electrons. The van der Waals surface area contributed by atoms with Crippen molar-refractivity contribution in [1.29, 1.82) is 0 Å². The van der Waals surface area contributed by atoms with Gasteiger partial charge in [0.2, 0.25) is 5.91 Å². The van der Waals surface area contributed by atoms with Crippen molar-refractivity contribution in [3.05, 3.63) is 28.9 Å². The first-order chi connectivity index (χ1) is 15.5. The van der Waals surface area contributed by atoms with Gasteiger partial charge >= 0.3 is 11.7 Å². The van der Waals surface area contributed by atoms with Crippen LogP contribution >= 0.6 is 0 Å². The van der Waals surface area contributed by atoms with Crippen molar-refractivity contribution in [3.63, 3.8) is 0 Å². The second kappa shape index (κ2) is 6.95. The SMILES string of the molecule is CCOC(=O)CNC(=O)C12CC3CC(C1)C(n1c(=O)[nH]c4cnc5[nH]ccc5c41)C(C3)C2. The van der Waals surface area contributed by atoms with Gasteiger partial charge in [0, 0.05) is 17.6 Å². The number of fused-ring (bicyclic) bond motifs is 3. The van der Waals surface area contributed by atoms with E-state index in [1.54, 1.807) is 13.1 Å². The molecule has 168 valence electrons. The fraction of sp³-hybridized carbons (Fsp3) is 0.565. The van der Waals surface area contributed by atoms with Gasteiger partial charge in [0.25, 0.3) is 0 Å². The summed E-state index contributed by atoms with van der Waals surface area (Å²) in [6, 6.07) is 2.04. The number of H-pyrrole nitrogens is 2. The summed E-state index contributed by atoms with van der Waals surface area (Å²) in [5.41, 5.74) is 1.87. The van der Waals surface area contributed by atoms with Crippen LogP contribution in [0.15, 0.2) is 23.3 Å². The van der Waals surface area contributed by atoms with Crippen LogP contribution < -0.4 is 11.0 Å². The summed E-state index contributed by atoms with van der Waals surface area (Å²) in [5.74, 6) is 0.568. The van der Waals surface area contributed by atoms with Gasteiger partial charge in [0.15, 0.2) is 0 Å². The third-order valence-electron chi connectivity index (χ3n) is 7.96. The first kappa shape index (κ1) is 19.6. The number of amides is 1. The maximum atomic E-state index is 13.2. The number of carbonyl (C=O) groups excluding carboxylic acids is 2. The summed E-state index contributed by atoms with van der Waals surface area (Å²) in [4.78, 5) is 48.6. The first-order valence-corrected chi connectivity index (χ1v) is 11.5. The smallest absolute Gasteiger partial charge is 0.326 e. The quantitative estimate of drug-likeness (QED) is 0.529. The maximum absolute atomic E-state index is 13.2. The van der Waals surface area contributed by atoms with E-state index in [4.69, 9.17) is 4.74 Å². The second-order valence-electron chi connectivity index (χ2n) is 9.79. The minimum Gasteiger partial charge on any atom is -0.465 e. The molecule has 0 aliphatic heterocycles. The normalized spacial score (nSPS) is 30.8. The van der Waals surface area contributed by atoms with E-state index >= 15 is 0 Å². The topological polar surface area (TPSA) is 122 Å². The highest BCUT2D eigenvalue weighted by atomic mass is 16.5. The molecule has 0 spiro atoms. The molecule has 4 saturated carbocycles. The molecule has 4 aliphatic rings. The van der Waals surface area contributed by atoms with E-state index < -0.39 is 11.4 Å². The number of hydrogen-bond acceptors (Lipinski definition) is 5. The molecule has 1 amide bonds. The molecule has 3 heterocycles. The summed E-state index contributed by atoms with van der Waals surface area (Å²) in [6.45, 7) is 1.97. The predicted molar refractivity (Wildman–Crippen MR) is 117 cm³/mol. The van der Waals surface area contributed by atoms with Gasteiger partial charge in [0.1, 0.15) is 12.2 Å². The Morgan fingerprint density at radius 1 is 1.28 bits per heavy atom. The number of imidazole rings is 1. The van der Waals surface area contributed by atoms with Crippen LogP contribution in [0.25, 0.3) is 22.1 Å². The van der Waals surface area contributed by atoms with Gasteiger partial charge in [-0.1, -0.05) is 0 Å². The Labute approximate surface area is 183 Å². The summed E-state index contributed by atoms with van der Waals surface area (Å²) in [7, 11) is 0. The number of rotatable bonds is 5. The number of carbonyl (C=O) groups is 2. The van der Waals surface area contributed by atoms with Crippen LogP contribution in [-0.2, 0) is 14.3 Å². The molecule has 7 rings (SSSR count). The lowest BCUT2D eigenvalue weighted by atomic mass is 9.47. The molecule has 3 N–H and O–H groups in total. The second-order valence-corrected chi connectivity index (χ2v) is 9.79. The number of esters is 1. The lowest BCUT2D eigenvalue weighted by molar-refractivity contribution is -0.154. The molecule has 4 fully saturated rings. The van der Waals surface area contributed by atoms with E-state index in [0.29, 0.717) is 12.5 Å². The van der Waals surface area contributed by atoms with E-state index in [1.807, 2.05) is 16.8 Å². The highest BCUT2D eigenvalue weighted by Gasteiger charge is 2.59. The fourth-order valence-corrected chi connectivity index (χ4v) is 7.16. The summed E-state index contributed by atoms with van der Waals surface area (Å²) in [5, 5.41) is 3.78. The molecule has 2 atom stereocenters. The Morgan fingerprint density at radius 2 is 2.06 bits per heavy atom. The minimum atomic E-state index is -0.444. The van der Waals surface area contributed by atoms with Crippen LogP contribution in [0.5, 0.6) is 0 Å². The zero-order valence-electron chi connectivity index (χ0n) is 18.0. The van der Waals surface area contributed by atoms with E-state index in [2.05, 4.69) is 20.3 Å². The highest BCUT2D eigenvalue weighted by Crippen LogP contribution is 2.63. The third-order valence-corrected chi connectivity index (χ3v) is 7.96. The van der Waals surface area contributed by atoms with Crippen LogP contribution in [-0.4, -0.2) is 44.5 Å². The Balaban J connectivity index is 1.34. The van der Waals surface area contributed by atoms with E-state index in [0.717, 1.165) is 54.2 Å². The number of aromatic amines is 2. The van der Waals surface area contributed by atoms with Crippen LogP contribution in [0.2, 0.25) is 0 Å². The van der Waals surface area contributed by atoms with Crippen molar-refractivity contribution >= 4 is 33.9 Å². The largest absolute Gasteiger partial charge is 0.465 e. The van der Waals surface area contributed by atoms with E-state index in [9.17, 15) is 14.4 Å². The van der Waals surface area contributed by atoms with E-state index in [1.165, 1.54) is 0 Å². The van der Waals surface area contributed by atoms with Gasteiger partial charge in [-0.05, 0) is 62.8 Å². The van der Waals surface area contributed by atoms with Gasteiger partial charge in [-0.25, -0.2) is 9.78 Å². The predicted octanol–water partition coefficient (Wildman–Crippen LogP) is 2.25. The van der Waals surface area contributed by atoms with Crippen LogP contribution in [0.4, 0.5) is 0 Å². The molecule has 9 heteroatoms. The van der Waals surface area contributed by atoms with Crippen molar-refractivity contribution in [3.8, 4) is 0 Å². The molecule has 0 saturated heterocycles. The molecule has 0 aromatic carbocycles. The van der Waals surface area contributed by atoms with Crippen LogP contribution in [0.3, 0.4) is 0 Å². The monoisotopic (exact) mass is 437 g/mol. The van der Waals surface area contributed by atoms with Crippen molar-refractivity contribution in [2.75, 3.05) is 13.2 Å². The van der Waals surface area contributed by atoms with Crippen molar-refractivity contribution < 1.29 is 14.3 Å². The summed E-state index contributed by atoms with van der Waals surface area (Å²) < 4.78 is 6.91. The van der Waals surface area contributed by atoms with Crippen molar-refractivity contribution in [1.82, 2.24) is 24.8 Å². The van der Waals surface area contributed by atoms with Gasteiger partial charge in [-0.2, -0.15) is 0 Å². The summed E-state index contributed by atoms with van der Waals surface area (Å²) in [6.07, 6.45) is 8.00. The lowest BCUT2D eigenvalue weighted by Crippen LogP contribution is -2.58. The number of hydrogen-bond donors (Lipinski definition) is 3. The molecular weight excluding hydrogens is 410 g/mol. The number of nitrogens with zero attached hydrogens (tertiary/aromatic N) is 2. The zero-order chi connectivity index (χ0) is 22.0. The lowest BCUT2D eigenvalue weighted by Gasteiger charge is -2.59. The standard InChI is InChI=1S/C23H27N5O4/c1-2-32-17(29)11-26-21(30)23-7-12-5-13(8-23)18(14(6-12)9-23)28-19-15-3-4-24-20(15)25-10-16(19)27-22(28)31/h3-4,10,12-14,18H,2,5-9,11H2,1H3,(H,24,25)(H,26,30)(H,27,31). The van der Waals surface area contributed by atoms with Crippen LogP contribution in [0.1, 0.15) is 45.1 Å². The molecule has 3 aromatic heterocycles. The Morgan fingerprint density at radius 3 is 2.81 bits per heavy atom. The molecule has 4 bridgehead atoms. The molecule has 9 nitrogen and oxygen atoms in total. The molecule has 4 aliphatic carbocycles. The summed E-state index contributed by atoms with van der Waals surface area (Å²) >= 11 is 0. The van der Waals surface area contributed by atoms with E-state index in [-0.39, 0.29) is 36.0 Å². The van der Waals surface area contributed by atoms with Crippen molar-refractivity contribution in [2.24, 2.45) is 23.2 Å². The average Bonchev–Trinajstić information content (AvgIpc) is 3.35. The van der Waals surface area contributed by atoms with Gasteiger partial charge < -0.3 is 20.0 Å². The highest BCUT2D eigenvalue weighted by molar-refractivity contribution is 6.01. The molecular formula is C23H27N5O4. The first-order valence-electron chi connectivity index (χ1n) is 11.5. The number of ether oxygens (including phenoxy) is 1. The van der Waals surface area contributed by atoms with Gasteiger partial charge in [-0.15, -0.1) is 0 Å². The zero-order valence-corrected chi connectivity index (χ0v) is 18.0. The molecule has 2 unspecified atom stereocenters. The average molecular weight is 438 g/mol. The number of aromatic nitrogens is 4. The maximum Gasteiger partial charge on any atom is 0.326 e.